The van der Waals surface area contributed by atoms with Crippen LogP contribution >= 0.6 is 0 Å². The first-order valence-electron chi connectivity index (χ1n) is 7.00. The standard InChI is InChI=1S/C15H15N5O/c16-10-11-13(12-6-2-3-7-17-12)18-15(19-14(11)21)20-8-4-1-5-9-20/h2-3,6-7H,1,4-5,8-9H2,(H,18,19,21). The maximum Gasteiger partial charge on any atom is 0.270 e. The average molecular weight is 281 g/mol. The molecule has 0 spiro atoms. The lowest BCUT2D eigenvalue weighted by molar-refractivity contribution is 0.567. The second-order valence-electron chi connectivity index (χ2n) is 4.99. The fourth-order valence-electron chi connectivity index (χ4n) is 2.51. The maximum atomic E-state index is 12.1. The van der Waals surface area contributed by atoms with E-state index in [1.807, 2.05) is 12.1 Å². The van der Waals surface area contributed by atoms with Crippen molar-refractivity contribution in [1.29, 1.82) is 5.26 Å². The summed E-state index contributed by atoms with van der Waals surface area (Å²) < 4.78 is 0. The summed E-state index contributed by atoms with van der Waals surface area (Å²) in [6, 6.07) is 7.28. The average Bonchev–Trinajstić information content (AvgIpc) is 2.55. The summed E-state index contributed by atoms with van der Waals surface area (Å²) in [5, 5.41) is 9.21. The summed E-state index contributed by atoms with van der Waals surface area (Å²) in [5.74, 6) is 0.527. The van der Waals surface area contributed by atoms with Crippen molar-refractivity contribution < 1.29 is 0 Å². The molecular formula is C15H15N5O. The van der Waals surface area contributed by atoms with Gasteiger partial charge in [-0.1, -0.05) is 6.07 Å². The Labute approximate surface area is 122 Å². The minimum Gasteiger partial charge on any atom is -0.342 e. The van der Waals surface area contributed by atoms with Crippen molar-refractivity contribution in [3.63, 3.8) is 0 Å². The molecule has 3 rings (SSSR count). The molecule has 0 amide bonds. The first-order chi connectivity index (χ1) is 10.3. The number of anilines is 1. The molecule has 6 heteroatoms. The van der Waals surface area contributed by atoms with Crippen molar-refractivity contribution in [3.8, 4) is 17.5 Å². The SMILES string of the molecule is N#Cc1c(-c2ccccn2)nc(N2CCCCC2)[nH]c1=O. The molecule has 0 aliphatic carbocycles. The molecule has 0 unspecified atom stereocenters. The first-order valence-corrected chi connectivity index (χ1v) is 7.00. The lowest BCUT2D eigenvalue weighted by Gasteiger charge is -2.27. The number of hydrogen-bond acceptors (Lipinski definition) is 5. The zero-order valence-electron chi connectivity index (χ0n) is 11.5. The Bertz CT molecular complexity index is 726. The van der Waals surface area contributed by atoms with Gasteiger partial charge in [-0.25, -0.2) is 4.98 Å². The molecule has 1 fully saturated rings. The van der Waals surface area contributed by atoms with Crippen LogP contribution in [0.25, 0.3) is 11.4 Å². The summed E-state index contributed by atoms with van der Waals surface area (Å²) in [6.07, 6.45) is 5.00. The van der Waals surface area contributed by atoms with E-state index in [9.17, 15) is 10.1 Å². The molecule has 0 atom stereocenters. The van der Waals surface area contributed by atoms with E-state index in [-0.39, 0.29) is 5.56 Å². The van der Waals surface area contributed by atoms with Crippen molar-refractivity contribution in [2.24, 2.45) is 0 Å². The van der Waals surface area contributed by atoms with E-state index in [1.165, 1.54) is 6.42 Å². The van der Waals surface area contributed by atoms with Crippen LogP contribution in [0.15, 0.2) is 29.2 Å². The minimum atomic E-state index is -0.409. The number of nitrogens with zero attached hydrogens (tertiary/aromatic N) is 4. The molecule has 21 heavy (non-hydrogen) atoms. The molecule has 1 aliphatic heterocycles. The van der Waals surface area contributed by atoms with E-state index < -0.39 is 5.56 Å². The number of H-pyrrole nitrogens is 1. The molecule has 2 aromatic heterocycles. The van der Waals surface area contributed by atoms with Gasteiger partial charge in [0.05, 0.1) is 5.69 Å². The monoisotopic (exact) mass is 281 g/mol. The maximum absolute atomic E-state index is 12.1. The topological polar surface area (TPSA) is 85.7 Å². The van der Waals surface area contributed by atoms with E-state index in [4.69, 9.17) is 0 Å². The second-order valence-corrected chi connectivity index (χ2v) is 4.99. The Hall–Kier alpha value is -2.68. The first kappa shape index (κ1) is 13.3. The quantitative estimate of drug-likeness (QED) is 0.905. The van der Waals surface area contributed by atoms with Crippen LogP contribution < -0.4 is 10.5 Å². The number of hydrogen-bond donors (Lipinski definition) is 1. The fraction of sp³-hybridized carbons (Fsp3) is 0.333. The van der Waals surface area contributed by atoms with Crippen LogP contribution in [0, 0.1) is 11.3 Å². The van der Waals surface area contributed by atoms with Crippen molar-refractivity contribution in [1.82, 2.24) is 15.0 Å². The third-order valence-corrected chi connectivity index (χ3v) is 3.58. The predicted molar refractivity (Wildman–Crippen MR) is 78.9 cm³/mol. The summed E-state index contributed by atoms with van der Waals surface area (Å²) in [5.41, 5.74) is 0.490. The van der Waals surface area contributed by atoms with Gasteiger partial charge in [0.25, 0.3) is 5.56 Å². The molecule has 0 radical (unpaired) electrons. The van der Waals surface area contributed by atoms with Gasteiger partial charge in [-0.3, -0.25) is 14.8 Å². The summed E-state index contributed by atoms with van der Waals surface area (Å²) >= 11 is 0. The smallest absolute Gasteiger partial charge is 0.270 e. The molecule has 2 aromatic rings. The number of aromatic amines is 1. The number of nitriles is 1. The van der Waals surface area contributed by atoms with Crippen LogP contribution in [0.2, 0.25) is 0 Å². The van der Waals surface area contributed by atoms with Gasteiger partial charge in [0.1, 0.15) is 17.3 Å². The molecule has 3 heterocycles. The highest BCUT2D eigenvalue weighted by Gasteiger charge is 2.18. The van der Waals surface area contributed by atoms with Gasteiger partial charge in [-0.2, -0.15) is 5.26 Å². The normalized spacial score (nSPS) is 14.7. The van der Waals surface area contributed by atoms with Crippen molar-refractivity contribution >= 4 is 5.95 Å². The Balaban J connectivity index is 2.11. The summed E-state index contributed by atoms with van der Waals surface area (Å²) in [7, 11) is 0. The Morgan fingerprint density at radius 2 is 2.05 bits per heavy atom. The molecule has 0 bridgehead atoms. The molecular weight excluding hydrogens is 266 g/mol. The van der Waals surface area contributed by atoms with Crippen LogP contribution in [0.5, 0.6) is 0 Å². The second kappa shape index (κ2) is 5.75. The number of pyridine rings is 1. The van der Waals surface area contributed by atoms with Crippen LogP contribution in [0.1, 0.15) is 24.8 Å². The summed E-state index contributed by atoms with van der Waals surface area (Å²) in [4.78, 5) is 25.6. The summed E-state index contributed by atoms with van der Waals surface area (Å²) in [6.45, 7) is 1.74. The number of nitrogens with one attached hydrogen (secondary N) is 1. The minimum absolute atomic E-state index is 0.00876. The van der Waals surface area contributed by atoms with Crippen LogP contribution in [-0.4, -0.2) is 28.0 Å². The zero-order chi connectivity index (χ0) is 14.7. The third-order valence-electron chi connectivity index (χ3n) is 3.58. The zero-order valence-corrected chi connectivity index (χ0v) is 11.5. The Morgan fingerprint density at radius 1 is 1.24 bits per heavy atom. The van der Waals surface area contributed by atoms with Gasteiger partial charge in [0, 0.05) is 19.3 Å². The van der Waals surface area contributed by atoms with E-state index >= 15 is 0 Å². The highest BCUT2D eigenvalue weighted by molar-refractivity contribution is 5.63. The molecule has 6 nitrogen and oxygen atoms in total. The number of aromatic nitrogens is 3. The fourth-order valence-corrected chi connectivity index (χ4v) is 2.51. The Morgan fingerprint density at radius 3 is 2.71 bits per heavy atom. The van der Waals surface area contributed by atoms with Gasteiger partial charge < -0.3 is 4.90 Å². The molecule has 1 N–H and O–H groups in total. The molecule has 1 saturated heterocycles. The predicted octanol–water partition coefficient (Wildman–Crippen LogP) is 1.69. The highest BCUT2D eigenvalue weighted by atomic mass is 16.1. The lowest BCUT2D eigenvalue weighted by atomic mass is 10.1. The van der Waals surface area contributed by atoms with Crippen LogP contribution in [0.4, 0.5) is 5.95 Å². The van der Waals surface area contributed by atoms with E-state index in [0.717, 1.165) is 25.9 Å². The Kier molecular flexibility index (Phi) is 3.65. The van der Waals surface area contributed by atoms with Gasteiger partial charge in [-0.05, 0) is 31.4 Å². The third kappa shape index (κ3) is 2.63. The van der Waals surface area contributed by atoms with E-state index in [1.54, 1.807) is 18.3 Å². The van der Waals surface area contributed by atoms with E-state index in [0.29, 0.717) is 17.3 Å². The van der Waals surface area contributed by atoms with Crippen LogP contribution in [0.3, 0.4) is 0 Å². The molecule has 0 saturated carbocycles. The molecule has 106 valence electrons. The van der Waals surface area contributed by atoms with Crippen molar-refractivity contribution in [2.45, 2.75) is 19.3 Å². The highest BCUT2D eigenvalue weighted by Crippen LogP contribution is 2.20. The van der Waals surface area contributed by atoms with Gasteiger partial charge in [-0.15, -0.1) is 0 Å². The van der Waals surface area contributed by atoms with Crippen molar-refractivity contribution in [2.75, 3.05) is 18.0 Å². The van der Waals surface area contributed by atoms with Gasteiger partial charge in [0.15, 0.2) is 0 Å². The van der Waals surface area contributed by atoms with Crippen LogP contribution in [-0.2, 0) is 0 Å². The number of piperidine rings is 1. The van der Waals surface area contributed by atoms with E-state index in [2.05, 4.69) is 19.9 Å². The number of rotatable bonds is 2. The van der Waals surface area contributed by atoms with Crippen molar-refractivity contribution in [3.05, 3.63) is 40.3 Å². The molecule has 1 aliphatic rings. The molecule has 0 aromatic carbocycles. The largest absolute Gasteiger partial charge is 0.342 e. The lowest BCUT2D eigenvalue weighted by Crippen LogP contribution is -2.33. The van der Waals surface area contributed by atoms with Gasteiger partial charge >= 0.3 is 0 Å². The van der Waals surface area contributed by atoms with Gasteiger partial charge in [0.2, 0.25) is 5.95 Å².